The first-order valence-electron chi connectivity index (χ1n) is 7.47. The summed E-state index contributed by atoms with van der Waals surface area (Å²) in [7, 11) is 0. The van der Waals surface area contributed by atoms with Gasteiger partial charge in [-0.05, 0) is 19.3 Å². The van der Waals surface area contributed by atoms with Crippen LogP contribution < -0.4 is 5.32 Å². The Bertz CT molecular complexity index is 375. The average Bonchev–Trinajstić information content (AvgIpc) is 2.45. The molecular formula is C15H24N2O3. The highest BCUT2D eigenvalue weighted by molar-refractivity contribution is 5.98. The smallest absolute Gasteiger partial charge is 0.248 e. The van der Waals surface area contributed by atoms with E-state index in [1.807, 2.05) is 0 Å². The lowest BCUT2D eigenvalue weighted by Crippen LogP contribution is -2.67. The number of ether oxygens (including phenoxy) is 1. The Morgan fingerprint density at radius 3 is 2.70 bits per heavy atom. The van der Waals surface area contributed by atoms with Crippen LogP contribution in [0.5, 0.6) is 0 Å². The van der Waals surface area contributed by atoms with Crippen molar-refractivity contribution in [2.75, 3.05) is 26.3 Å². The van der Waals surface area contributed by atoms with Crippen molar-refractivity contribution in [3.05, 3.63) is 12.7 Å². The number of hydrogen-bond donors (Lipinski definition) is 1. The summed E-state index contributed by atoms with van der Waals surface area (Å²) in [6, 6.07) is 0. The van der Waals surface area contributed by atoms with Crippen LogP contribution in [0.1, 0.15) is 38.5 Å². The van der Waals surface area contributed by atoms with E-state index in [9.17, 15) is 9.59 Å². The van der Waals surface area contributed by atoms with Crippen LogP contribution in [-0.4, -0.2) is 48.6 Å². The van der Waals surface area contributed by atoms with Crippen molar-refractivity contribution >= 4 is 11.8 Å². The third kappa shape index (κ3) is 3.39. The van der Waals surface area contributed by atoms with Crippen LogP contribution >= 0.6 is 0 Å². The van der Waals surface area contributed by atoms with Crippen LogP contribution in [-0.2, 0) is 14.3 Å². The predicted molar refractivity (Wildman–Crippen MR) is 76.2 cm³/mol. The van der Waals surface area contributed by atoms with Crippen LogP contribution in [0.25, 0.3) is 0 Å². The topological polar surface area (TPSA) is 58.6 Å². The summed E-state index contributed by atoms with van der Waals surface area (Å²) in [6.07, 6.45) is 7.31. The standard InChI is InChI=1S/C15H24N2O3/c1-2-3-10-20-11-9-17-12-13(18)16-15(14(17)19)7-5-4-6-8-15/h2H,1,3-12H2,(H,16,18). The number of carbonyl (C=O) groups is 2. The molecule has 2 rings (SSSR count). The van der Waals surface area contributed by atoms with Gasteiger partial charge in [0.05, 0.1) is 19.8 Å². The van der Waals surface area contributed by atoms with E-state index in [0.29, 0.717) is 19.8 Å². The first-order chi connectivity index (χ1) is 9.68. The molecule has 1 saturated carbocycles. The number of carbonyl (C=O) groups excluding carboxylic acids is 2. The number of amides is 2. The maximum Gasteiger partial charge on any atom is 0.248 e. The molecule has 1 spiro atoms. The fourth-order valence-corrected chi connectivity index (χ4v) is 3.03. The van der Waals surface area contributed by atoms with Crippen molar-refractivity contribution in [1.29, 1.82) is 0 Å². The molecule has 1 saturated heterocycles. The molecule has 2 amide bonds. The molecule has 0 atom stereocenters. The van der Waals surface area contributed by atoms with Gasteiger partial charge in [-0.3, -0.25) is 9.59 Å². The highest BCUT2D eigenvalue weighted by Crippen LogP contribution is 2.31. The molecule has 5 nitrogen and oxygen atoms in total. The van der Waals surface area contributed by atoms with E-state index < -0.39 is 5.54 Å². The maximum absolute atomic E-state index is 12.6. The van der Waals surface area contributed by atoms with Gasteiger partial charge < -0.3 is 15.0 Å². The summed E-state index contributed by atoms with van der Waals surface area (Å²) in [5.74, 6) is 0.0294. The van der Waals surface area contributed by atoms with Crippen LogP contribution in [0, 0.1) is 0 Å². The first kappa shape index (κ1) is 15.0. The number of nitrogens with zero attached hydrogens (tertiary/aromatic N) is 1. The molecule has 1 aliphatic heterocycles. The third-order valence-electron chi connectivity index (χ3n) is 4.09. The lowest BCUT2D eigenvalue weighted by atomic mass is 9.79. The molecule has 0 aromatic carbocycles. The predicted octanol–water partition coefficient (Wildman–Crippen LogP) is 1.24. The fourth-order valence-electron chi connectivity index (χ4n) is 3.03. The fraction of sp³-hybridized carbons (Fsp3) is 0.733. The van der Waals surface area contributed by atoms with Crippen LogP contribution in [0.15, 0.2) is 12.7 Å². The minimum absolute atomic E-state index is 0.0439. The highest BCUT2D eigenvalue weighted by Gasteiger charge is 2.46. The molecule has 1 N–H and O–H groups in total. The SMILES string of the molecule is C=CCCOCCN1CC(=O)NC2(CCCCC2)C1=O. The van der Waals surface area contributed by atoms with Crippen molar-refractivity contribution in [2.45, 2.75) is 44.1 Å². The Labute approximate surface area is 120 Å². The number of hydrogen-bond acceptors (Lipinski definition) is 3. The lowest BCUT2D eigenvalue weighted by Gasteiger charge is -2.44. The molecular weight excluding hydrogens is 256 g/mol. The largest absolute Gasteiger partial charge is 0.379 e. The molecule has 0 radical (unpaired) electrons. The first-order valence-corrected chi connectivity index (χ1v) is 7.47. The molecule has 0 aromatic rings. The van der Waals surface area contributed by atoms with Crippen molar-refractivity contribution in [2.24, 2.45) is 0 Å². The van der Waals surface area contributed by atoms with E-state index in [-0.39, 0.29) is 18.4 Å². The van der Waals surface area contributed by atoms with Crippen molar-refractivity contribution in [3.63, 3.8) is 0 Å². The van der Waals surface area contributed by atoms with Crippen LogP contribution in [0.4, 0.5) is 0 Å². The molecule has 5 heteroatoms. The Balaban J connectivity index is 1.89. The summed E-state index contributed by atoms with van der Waals surface area (Å²) in [5, 5.41) is 2.94. The average molecular weight is 280 g/mol. The third-order valence-corrected chi connectivity index (χ3v) is 4.09. The zero-order valence-electron chi connectivity index (χ0n) is 12.0. The van der Waals surface area contributed by atoms with E-state index in [1.54, 1.807) is 11.0 Å². The molecule has 112 valence electrons. The van der Waals surface area contributed by atoms with E-state index >= 15 is 0 Å². The van der Waals surface area contributed by atoms with Gasteiger partial charge in [-0.15, -0.1) is 6.58 Å². The zero-order chi connectivity index (χ0) is 14.4. The van der Waals surface area contributed by atoms with Gasteiger partial charge in [-0.2, -0.15) is 0 Å². The summed E-state index contributed by atoms with van der Waals surface area (Å²) in [4.78, 5) is 26.1. The van der Waals surface area contributed by atoms with Gasteiger partial charge in [-0.25, -0.2) is 0 Å². The number of rotatable bonds is 6. The molecule has 0 unspecified atom stereocenters. The second kappa shape index (κ2) is 6.88. The lowest BCUT2D eigenvalue weighted by molar-refractivity contribution is -0.152. The van der Waals surface area contributed by atoms with E-state index in [2.05, 4.69) is 11.9 Å². The normalized spacial score (nSPS) is 21.9. The van der Waals surface area contributed by atoms with Gasteiger partial charge in [-0.1, -0.05) is 25.3 Å². The van der Waals surface area contributed by atoms with Crippen molar-refractivity contribution in [1.82, 2.24) is 10.2 Å². The molecule has 2 fully saturated rings. The summed E-state index contributed by atoms with van der Waals surface area (Å²) >= 11 is 0. The van der Waals surface area contributed by atoms with Gasteiger partial charge >= 0.3 is 0 Å². The highest BCUT2D eigenvalue weighted by atomic mass is 16.5. The van der Waals surface area contributed by atoms with E-state index in [4.69, 9.17) is 4.74 Å². The van der Waals surface area contributed by atoms with Gasteiger partial charge in [0.25, 0.3) is 0 Å². The van der Waals surface area contributed by atoms with E-state index in [1.165, 1.54) is 0 Å². The molecule has 1 heterocycles. The van der Waals surface area contributed by atoms with Gasteiger partial charge in [0, 0.05) is 6.54 Å². The van der Waals surface area contributed by atoms with Crippen LogP contribution in [0.2, 0.25) is 0 Å². The molecule has 1 aliphatic carbocycles. The minimum Gasteiger partial charge on any atom is -0.379 e. The quantitative estimate of drug-likeness (QED) is 0.588. The Morgan fingerprint density at radius 2 is 2.00 bits per heavy atom. The molecule has 0 bridgehead atoms. The van der Waals surface area contributed by atoms with Crippen LogP contribution in [0.3, 0.4) is 0 Å². The monoisotopic (exact) mass is 280 g/mol. The minimum atomic E-state index is -0.630. The summed E-state index contributed by atoms with van der Waals surface area (Å²) in [5.41, 5.74) is -0.630. The van der Waals surface area contributed by atoms with Crippen molar-refractivity contribution < 1.29 is 14.3 Å². The second-order valence-electron chi connectivity index (χ2n) is 5.61. The Kier molecular flexibility index (Phi) is 5.17. The summed E-state index contributed by atoms with van der Waals surface area (Å²) < 4.78 is 5.44. The summed E-state index contributed by atoms with van der Waals surface area (Å²) in [6.45, 7) is 5.37. The van der Waals surface area contributed by atoms with E-state index in [0.717, 1.165) is 38.5 Å². The zero-order valence-corrected chi connectivity index (χ0v) is 12.0. The van der Waals surface area contributed by atoms with Gasteiger partial charge in [0.15, 0.2) is 0 Å². The van der Waals surface area contributed by atoms with Gasteiger partial charge in [0.2, 0.25) is 11.8 Å². The number of piperazine rings is 1. The molecule has 20 heavy (non-hydrogen) atoms. The maximum atomic E-state index is 12.6. The van der Waals surface area contributed by atoms with Gasteiger partial charge in [0.1, 0.15) is 5.54 Å². The van der Waals surface area contributed by atoms with Crippen molar-refractivity contribution in [3.8, 4) is 0 Å². The Morgan fingerprint density at radius 1 is 1.25 bits per heavy atom. The number of nitrogens with one attached hydrogen (secondary N) is 1. The molecule has 2 aliphatic rings. The molecule has 0 aromatic heterocycles. The second-order valence-corrected chi connectivity index (χ2v) is 5.61. The Hall–Kier alpha value is -1.36.